The van der Waals surface area contributed by atoms with Crippen LogP contribution in [0.3, 0.4) is 0 Å². The number of halogens is 1. The number of aromatic nitrogens is 1. The summed E-state index contributed by atoms with van der Waals surface area (Å²) in [5, 5.41) is 23.6. The predicted molar refractivity (Wildman–Crippen MR) is 313 cm³/mol. The summed E-state index contributed by atoms with van der Waals surface area (Å²) < 4.78 is 34.8. The molecule has 5 heterocycles. The van der Waals surface area contributed by atoms with E-state index < -0.39 is 77.8 Å². The number of ether oxygens (including phenoxy) is 6. The molecule has 0 spiro atoms. The number of fused-ring (bicyclic) bond motifs is 4. The summed E-state index contributed by atoms with van der Waals surface area (Å²) in [6.45, 7) is 18.1. The molecule has 1 aromatic carbocycles. The van der Waals surface area contributed by atoms with Crippen molar-refractivity contribution < 1.29 is 62.6 Å². The molecule has 5 aliphatic rings. The van der Waals surface area contributed by atoms with Gasteiger partial charge in [-0.15, -0.1) is 23.4 Å². The van der Waals surface area contributed by atoms with Crippen LogP contribution in [0.25, 0.3) is 0 Å². The zero-order chi connectivity index (χ0) is 59.3. The van der Waals surface area contributed by atoms with Crippen LogP contribution in [-0.2, 0) is 53.0 Å². The van der Waals surface area contributed by atoms with Crippen LogP contribution in [0.15, 0.2) is 64.7 Å². The Morgan fingerprint density at radius 2 is 1.65 bits per heavy atom. The molecule has 15 nitrogen and oxygen atoms in total. The standard InChI is InChI=1S/C43H68ClNO11.C21H21NO2S/c1-10-30-18-24(2)17-25(3)19-36(53-8)39-37(54-9)21-27(5)43(51,56-39)40(48)41(49)45-16-12-11-13-32(45)42(50)55-38(28(6)33(46)23-34(30)47)26(4)20-29-14-15-31(44)35(22-29)52-7;1-4-24-20(23)16-7-9-17(22-14-16)8-5-15-6-10-19-18(13-15)21(2,3)11-12-25-19/h18,20,25,27-33,35-39,46,51H,10-17,19,21-23H2,1-9H3;6-7,9-10,13-14H,4,11-12H2,1-3H3/b24-18+,26-20+;/t25-,27+,28+,29-,30+,31-,32-,33-,35+,36-,37-,38+,39+,43+;/m0./s1. The molecule has 14 atom stereocenters. The number of hydrogen-bond donors (Lipinski definition) is 2. The van der Waals surface area contributed by atoms with Crippen molar-refractivity contribution in [3.63, 3.8) is 0 Å². The minimum atomic E-state index is -2.49. The lowest BCUT2D eigenvalue weighted by molar-refractivity contribution is -0.302. The highest BCUT2D eigenvalue weighted by atomic mass is 35.5. The van der Waals surface area contributed by atoms with E-state index in [2.05, 4.69) is 55.8 Å². The number of piperidine rings is 1. The predicted octanol–water partition coefficient (Wildman–Crippen LogP) is 10.2. The quantitative estimate of drug-likeness (QED) is 0.0832. The summed E-state index contributed by atoms with van der Waals surface area (Å²) in [4.78, 5) is 74.9. The van der Waals surface area contributed by atoms with Crippen molar-refractivity contribution in [1.29, 1.82) is 0 Å². The maximum absolute atomic E-state index is 14.3. The van der Waals surface area contributed by atoms with E-state index >= 15 is 0 Å². The number of benzene rings is 1. The van der Waals surface area contributed by atoms with E-state index in [0.29, 0.717) is 62.0 Å². The third-order valence-corrected chi connectivity index (χ3v) is 18.7. The Bertz CT molecular complexity index is 2630. The normalized spacial score (nSPS) is 33.3. The summed E-state index contributed by atoms with van der Waals surface area (Å²) in [5.74, 6) is -0.241. The average Bonchev–Trinajstić information content (AvgIpc) is 3.57. The summed E-state index contributed by atoms with van der Waals surface area (Å²) in [7, 11) is 4.71. The van der Waals surface area contributed by atoms with Crippen LogP contribution in [0.4, 0.5) is 0 Å². The molecule has 1 saturated carbocycles. The van der Waals surface area contributed by atoms with Gasteiger partial charge in [-0.25, -0.2) is 14.6 Å². The van der Waals surface area contributed by atoms with Crippen LogP contribution in [0, 0.1) is 41.4 Å². The SMILES string of the molecule is CCOC(=O)c1ccc(C#Cc2ccc3c(c2)C(C)(C)CCS3)nc1.CC[C@@H]1/C=C(\C)C[C@H](C)C[C@H](OC)[C@H]2O[C@@](O)(C(=O)C(=O)N3CCCC[C@H]3C(=O)O[C@H](/C(C)=C/[C@@H]3CC[C@H](Cl)[C@H](OC)C3)[C@H](C)[C@@H](O)CC1=O)[C@H](C)C[C@@H]2OC. The number of thioether (sulfide) groups is 1. The Labute approximate surface area is 490 Å². The fraction of sp³-hybridized carbons (Fsp3) is 0.656. The van der Waals surface area contributed by atoms with Gasteiger partial charge in [-0.1, -0.05) is 65.2 Å². The molecular weight excluding hydrogens is 1070 g/mol. The van der Waals surface area contributed by atoms with Crippen molar-refractivity contribution in [3.8, 4) is 11.8 Å². The summed E-state index contributed by atoms with van der Waals surface area (Å²) in [6.07, 6.45) is 7.85. The molecule has 1 aromatic heterocycles. The number of cyclic esters (lactones) is 1. The molecule has 7 rings (SSSR count). The van der Waals surface area contributed by atoms with E-state index in [1.165, 1.54) is 47.9 Å². The molecular formula is C64H89ClN2O13S. The molecule has 81 heavy (non-hydrogen) atoms. The minimum Gasteiger partial charge on any atom is -0.462 e. The Hall–Kier alpha value is -4.44. The second kappa shape index (κ2) is 29.9. The van der Waals surface area contributed by atoms with Crippen LogP contribution < -0.4 is 0 Å². The number of carbonyl (C=O) groups is 5. The van der Waals surface area contributed by atoms with Gasteiger partial charge in [0.25, 0.3) is 11.7 Å². The van der Waals surface area contributed by atoms with Gasteiger partial charge >= 0.3 is 11.9 Å². The second-order valence-corrected chi connectivity index (χ2v) is 25.4. The number of methoxy groups -OCH3 is 3. The highest BCUT2D eigenvalue weighted by Gasteiger charge is 2.56. The number of aliphatic hydroxyl groups is 2. The van der Waals surface area contributed by atoms with Crippen molar-refractivity contribution in [1.82, 2.24) is 9.88 Å². The number of esters is 2. The van der Waals surface area contributed by atoms with Gasteiger partial charge in [-0.2, -0.15) is 0 Å². The van der Waals surface area contributed by atoms with Crippen LogP contribution in [0.1, 0.15) is 167 Å². The summed E-state index contributed by atoms with van der Waals surface area (Å²) >= 11 is 8.44. The van der Waals surface area contributed by atoms with Crippen molar-refractivity contribution >= 4 is 52.8 Å². The van der Waals surface area contributed by atoms with Crippen molar-refractivity contribution in [2.24, 2.45) is 29.6 Å². The van der Waals surface area contributed by atoms with E-state index in [0.717, 1.165) is 24.0 Å². The van der Waals surface area contributed by atoms with Gasteiger partial charge in [-0.3, -0.25) is 14.4 Å². The lowest BCUT2D eigenvalue weighted by Crippen LogP contribution is -2.64. The molecule has 2 saturated heterocycles. The lowest BCUT2D eigenvalue weighted by Gasteiger charge is -2.47. The van der Waals surface area contributed by atoms with Gasteiger partial charge in [-0.05, 0) is 162 Å². The molecule has 3 fully saturated rings. The Morgan fingerprint density at radius 3 is 2.32 bits per heavy atom. The minimum absolute atomic E-state index is 0.0425. The molecule has 2 aromatic rings. The van der Waals surface area contributed by atoms with E-state index in [4.69, 9.17) is 40.0 Å². The highest BCUT2D eigenvalue weighted by Crippen LogP contribution is 2.43. The average molecular weight is 1160 g/mol. The van der Waals surface area contributed by atoms with Gasteiger partial charge in [0.15, 0.2) is 0 Å². The molecule has 17 heteroatoms. The molecule has 1 aliphatic carbocycles. The number of aliphatic hydroxyl groups excluding tert-OH is 1. The molecule has 1 amide bonds. The van der Waals surface area contributed by atoms with E-state index in [-0.39, 0.29) is 66.3 Å². The third-order valence-electron chi connectivity index (χ3n) is 17.2. The molecule has 2 bridgehead atoms. The van der Waals surface area contributed by atoms with E-state index in [1.807, 2.05) is 44.7 Å². The largest absolute Gasteiger partial charge is 0.462 e. The number of nitrogens with zero attached hydrogens (tertiary/aromatic N) is 2. The first-order valence-corrected chi connectivity index (χ1v) is 30.6. The number of pyridine rings is 1. The highest BCUT2D eigenvalue weighted by molar-refractivity contribution is 7.99. The van der Waals surface area contributed by atoms with Crippen molar-refractivity contribution in [2.45, 2.75) is 204 Å². The van der Waals surface area contributed by atoms with Crippen molar-refractivity contribution in [3.05, 3.63) is 82.2 Å². The van der Waals surface area contributed by atoms with E-state index in [9.17, 15) is 34.2 Å². The van der Waals surface area contributed by atoms with Crippen LogP contribution in [-0.4, -0.2) is 144 Å². The first-order valence-electron chi connectivity index (χ1n) is 29.2. The lowest BCUT2D eigenvalue weighted by atomic mass is 9.81. The molecule has 2 N–H and O–H groups in total. The number of hydrogen-bond acceptors (Lipinski definition) is 15. The first kappa shape index (κ1) is 65.7. The maximum atomic E-state index is 14.3. The summed E-state index contributed by atoms with van der Waals surface area (Å²) in [5.41, 5.74) is 5.35. The first-order chi connectivity index (χ1) is 38.5. The smallest absolute Gasteiger partial charge is 0.339 e. The Kier molecular flexibility index (Phi) is 24.2. The number of alkyl halides is 1. The van der Waals surface area contributed by atoms with Crippen LogP contribution in [0.2, 0.25) is 0 Å². The zero-order valence-corrected chi connectivity index (χ0v) is 51.4. The number of Topliss-reactive ketones (excluding diaryl/α,β-unsaturated/α-hetero) is 2. The van der Waals surface area contributed by atoms with E-state index in [1.54, 1.807) is 40.0 Å². The fourth-order valence-corrected chi connectivity index (χ4v) is 13.9. The van der Waals surface area contributed by atoms with Gasteiger partial charge in [0.05, 0.1) is 42.0 Å². The van der Waals surface area contributed by atoms with Crippen LogP contribution >= 0.6 is 23.4 Å². The number of amides is 1. The maximum Gasteiger partial charge on any atom is 0.339 e. The topological polar surface area (TPSA) is 197 Å². The van der Waals surface area contributed by atoms with Gasteiger partial charge < -0.3 is 43.5 Å². The van der Waals surface area contributed by atoms with Crippen molar-refractivity contribution in [2.75, 3.05) is 40.2 Å². The number of allylic oxidation sites excluding steroid dienone is 3. The van der Waals surface area contributed by atoms with Crippen LogP contribution in [0.5, 0.6) is 0 Å². The third kappa shape index (κ3) is 16.7. The Balaban J connectivity index is 0.000000349. The molecule has 446 valence electrons. The number of ketones is 2. The molecule has 0 radical (unpaired) electrons. The van der Waals surface area contributed by atoms with Gasteiger partial charge in [0, 0.05) is 68.7 Å². The van der Waals surface area contributed by atoms with Gasteiger partial charge in [0.1, 0.15) is 29.7 Å². The number of rotatable bonds is 8. The number of carbonyl (C=O) groups excluding carboxylic acids is 5. The fourth-order valence-electron chi connectivity index (χ4n) is 12.1. The molecule has 0 unspecified atom stereocenters. The summed E-state index contributed by atoms with van der Waals surface area (Å²) in [6, 6.07) is 8.76. The second-order valence-electron chi connectivity index (χ2n) is 23.7. The monoisotopic (exact) mass is 1160 g/mol. The van der Waals surface area contributed by atoms with Gasteiger partial charge in [0.2, 0.25) is 5.79 Å². The zero-order valence-electron chi connectivity index (χ0n) is 49.8. The molecule has 4 aliphatic heterocycles. The Morgan fingerprint density at radius 1 is 0.938 bits per heavy atom.